The molecule has 2 rings (SSSR count). The van der Waals surface area contributed by atoms with Crippen molar-refractivity contribution in [3.63, 3.8) is 0 Å². The molecule has 0 saturated carbocycles. The minimum absolute atomic E-state index is 0.113. The summed E-state index contributed by atoms with van der Waals surface area (Å²) in [4.78, 5) is 12.1. The van der Waals surface area contributed by atoms with Crippen LogP contribution in [-0.4, -0.2) is 33.8 Å². The third-order valence-electron chi connectivity index (χ3n) is 3.06. The van der Waals surface area contributed by atoms with Crippen molar-refractivity contribution in [3.05, 3.63) is 35.2 Å². The van der Waals surface area contributed by atoms with Crippen LogP contribution in [0.25, 0.3) is 5.52 Å². The lowest BCUT2D eigenvalue weighted by Crippen LogP contribution is -2.24. The standard InChI is InChI=1S/C14H19N3O2/c1-10-7-11(2)17-13(8-10)12(9-16-17)14(19)15-5-3-4-6-18/h7-9,18H,3-6H2,1-2H3,(H,15,19). The Balaban J connectivity index is 2.18. The molecule has 0 unspecified atom stereocenters. The highest BCUT2D eigenvalue weighted by atomic mass is 16.2. The highest BCUT2D eigenvalue weighted by molar-refractivity contribution is 6.00. The number of fused-ring (bicyclic) bond motifs is 1. The maximum Gasteiger partial charge on any atom is 0.255 e. The monoisotopic (exact) mass is 261 g/mol. The number of unbranched alkanes of at least 4 members (excludes halogenated alkanes) is 1. The van der Waals surface area contributed by atoms with Crippen molar-refractivity contribution in [3.8, 4) is 0 Å². The number of aromatic nitrogens is 2. The summed E-state index contributed by atoms with van der Waals surface area (Å²) in [6, 6.07) is 3.99. The van der Waals surface area contributed by atoms with Crippen LogP contribution in [0.2, 0.25) is 0 Å². The molecule has 0 aliphatic carbocycles. The van der Waals surface area contributed by atoms with Gasteiger partial charge in [0.25, 0.3) is 5.91 Å². The normalized spacial score (nSPS) is 10.9. The molecule has 5 nitrogen and oxygen atoms in total. The molecule has 0 atom stereocenters. The Morgan fingerprint density at radius 1 is 1.37 bits per heavy atom. The van der Waals surface area contributed by atoms with E-state index in [9.17, 15) is 4.79 Å². The first-order chi connectivity index (χ1) is 9.13. The van der Waals surface area contributed by atoms with Gasteiger partial charge in [0.2, 0.25) is 0 Å². The summed E-state index contributed by atoms with van der Waals surface area (Å²) in [7, 11) is 0. The molecule has 0 aromatic carbocycles. The van der Waals surface area contributed by atoms with Crippen LogP contribution >= 0.6 is 0 Å². The lowest BCUT2D eigenvalue weighted by Gasteiger charge is -2.05. The summed E-state index contributed by atoms with van der Waals surface area (Å²) in [6.45, 7) is 4.70. The summed E-state index contributed by atoms with van der Waals surface area (Å²) >= 11 is 0. The fraction of sp³-hybridized carbons (Fsp3) is 0.429. The van der Waals surface area contributed by atoms with Gasteiger partial charge in [-0.25, -0.2) is 4.52 Å². The van der Waals surface area contributed by atoms with Gasteiger partial charge in [0.1, 0.15) is 0 Å². The molecule has 0 bridgehead atoms. The minimum atomic E-state index is -0.113. The largest absolute Gasteiger partial charge is 0.396 e. The third kappa shape index (κ3) is 2.93. The lowest BCUT2D eigenvalue weighted by atomic mass is 10.2. The molecule has 0 fully saturated rings. The van der Waals surface area contributed by atoms with E-state index in [1.54, 1.807) is 10.7 Å². The van der Waals surface area contributed by atoms with Crippen molar-refractivity contribution in [1.29, 1.82) is 0 Å². The molecule has 2 heterocycles. The molecule has 19 heavy (non-hydrogen) atoms. The first kappa shape index (κ1) is 13.5. The van der Waals surface area contributed by atoms with Crippen LogP contribution < -0.4 is 5.32 Å². The van der Waals surface area contributed by atoms with E-state index in [4.69, 9.17) is 5.11 Å². The summed E-state index contributed by atoms with van der Waals surface area (Å²) in [5, 5.41) is 15.8. The zero-order chi connectivity index (χ0) is 13.8. The molecule has 2 N–H and O–H groups in total. The van der Waals surface area contributed by atoms with Crippen molar-refractivity contribution in [1.82, 2.24) is 14.9 Å². The van der Waals surface area contributed by atoms with Crippen LogP contribution in [0.15, 0.2) is 18.3 Å². The fourth-order valence-electron chi connectivity index (χ4n) is 2.13. The van der Waals surface area contributed by atoms with Crippen LogP contribution in [0.5, 0.6) is 0 Å². The second-order valence-electron chi connectivity index (χ2n) is 4.72. The molecule has 0 spiro atoms. The molecule has 102 valence electrons. The van der Waals surface area contributed by atoms with Crippen LogP contribution in [0, 0.1) is 13.8 Å². The number of aryl methyl sites for hydroxylation is 2. The van der Waals surface area contributed by atoms with Gasteiger partial charge in [-0.3, -0.25) is 4.79 Å². The zero-order valence-corrected chi connectivity index (χ0v) is 11.3. The fourth-order valence-corrected chi connectivity index (χ4v) is 2.13. The number of aliphatic hydroxyl groups excluding tert-OH is 1. The van der Waals surface area contributed by atoms with Crippen molar-refractivity contribution in [2.75, 3.05) is 13.2 Å². The SMILES string of the molecule is Cc1cc(C)n2ncc(C(=O)NCCCCO)c2c1. The predicted molar refractivity (Wildman–Crippen MR) is 73.3 cm³/mol. The van der Waals surface area contributed by atoms with E-state index in [2.05, 4.69) is 10.4 Å². The van der Waals surface area contributed by atoms with Crippen molar-refractivity contribution in [2.45, 2.75) is 26.7 Å². The number of aliphatic hydroxyl groups is 1. The molecule has 0 aliphatic heterocycles. The topological polar surface area (TPSA) is 66.6 Å². The Morgan fingerprint density at radius 2 is 2.16 bits per heavy atom. The molecule has 0 radical (unpaired) electrons. The number of hydrogen-bond donors (Lipinski definition) is 2. The van der Waals surface area contributed by atoms with Gasteiger partial charge in [0.05, 0.1) is 17.3 Å². The number of pyridine rings is 1. The summed E-state index contributed by atoms with van der Waals surface area (Å²) < 4.78 is 1.77. The Hall–Kier alpha value is -1.88. The Bertz CT molecular complexity index is 590. The highest BCUT2D eigenvalue weighted by Crippen LogP contribution is 2.15. The molecule has 0 aliphatic rings. The quantitative estimate of drug-likeness (QED) is 0.801. The van der Waals surface area contributed by atoms with E-state index in [0.717, 1.165) is 23.2 Å². The molecule has 0 saturated heterocycles. The van der Waals surface area contributed by atoms with Gasteiger partial charge in [-0.2, -0.15) is 5.10 Å². The molecule has 1 amide bonds. The van der Waals surface area contributed by atoms with Gasteiger partial charge in [0.15, 0.2) is 0 Å². The van der Waals surface area contributed by atoms with E-state index < -0.39 is 0 Å². The number of hydrogen-bond acceptors (Lipinski definition) is 3. The van der Waals surface area contributed by atoms with Gasteiger partial charge in [0, 0.05) is 18.8 Å². The minimum Gasteiger partial charge on any atom is -0.396 e. The molecular formula is C14H19N3O2. The van der Waals surface area contributed by atoms with Gasteiger partial charge in [-0.1, -0.05) is 0 Å². The molecule has 2 aromatic heterocycles. The van der Waals surface area contributed by atoms with Gasteiger partial charge in [-0.05, 0) is 44.4 Å². The maximum absolute atomic E-state index is 12.1. The highest BCUT2D eigenvalue weighted by Gasteiger charge is 2.13. The maximum atomic E-state index is 12.1. The van der Waals surface area contributed by atoms with E-state index >= 15 is 0 Å². The smallest absolute Gasteiger partial charge is 0.255 e. The van der Waals surface area contributed by atoms with E-state index in [0.29, 0.717) is 18.5 Å². The van der Waals surface area contributed by atoms with E-state index in [-0.39, 0.29) is 12.5 Å². The number of nitrogens with one attached hydrogen (secondary N) is 1. The second kappa shape index (κ2) is 5.84. The van der Waals surface area contributed by atoms with Gasteiger partial charge in [-0.15, -0.1) is 0 Å². The average Bonchev–Trinajstić information content (AvgIpc) is 2.78. The van der Waals surface area contributed by atoms with Crippen LogP contribution in [0.4, 0.5) is 0 Å². The van der Waals surface area contributed by atoms with Gasteiger partial charge < -0.3 is 10.4 Å². The average molecular weight is 261 g/mol. The first-order valence-electron chi connectivity index (χ1n) is 6.47. The summed E-state index contributed by atoms with van der Waals surface area (Å²) in [6.07, 6.45) is 3.08. The van der Waals surface area contributed by atoms with Crippen LogP contribution in [-0.2, 0) is 0 Å². The first-order valence-corrected chi connectivity index (χ1v) is 6.47. The lowest BCUT2D eigenvalue weighted by molar-refractivity contribution is 0.0953. The number of carbonyl (C=O) groups excluding carboxylic acids is 1. The summed E-state index contributed by atoms with van der Waals surface area (Å²) in [5.74, 6) is -0.113. The van der Waals surface area contributed by atoms with Crippen molar-refractivity contribution in [2.24, 2.45) is 0 Å². The van der Waals surface area contributed by atoms with Crippen molar-refractivity contribution < 1.29 is 9.90 Å². The zero-order valence-electron chi connectivity index (χ0n) is 11.3. The third-order valence-corrected chi connectivity index (χ3v) is 3.06. The van der Waals surface area contributed by atoms with Gasteiger partial charge >= 0.3 is 0 Å². The van der Waals surface area contributed by atoms with Crippen LogP contribution in [0.3, 0.4) is 0 Å². The molecule has 2 aromatic rings. The Kier molecular flexibility index (Phi) is 4.16. The van der Waals surface area contributed by atoms with Crippen LogP contribution in [0.1, 0.15) is 34.5 Å². The Morgan fingerprint density at radius 3 is 2.89 bits per heavy atom. The van der Waals surface area contributed by atoms with E-state index in [1.165, 1.54) is 0 Å². The second-order valence-corrected chi connectivity index (χ2v) is 4.72. The number of nitrogens with zero attached hydrogens (tertiary/aromatic N) is 2. The summed E-state index contributed by atoms with van der Waals surface area (Å²) in [5.41, 5.74) is 3.54. The molecule has 5 heteroatoms. The van der Waals surface area contributed by atoms with E-state index in [1.807, 2.05) is 26.0 Å². The Labute approximate surface area is 112 Å². The molecular weight excluding hydrogens is 242 g/mol. The number of amides is 1. The number of rotatable bonds is 5. The predicted octanol–water partition coefficient (Wildman–Crippen LogP) is 1.45. The number of carbonyl (C=O) groups is 1. The van der Waals surface area contributed by atoms with Crippen molar-refractivity contribution >= 4 is 11.4 Å².